The number of fused-ring (bicyclic) bond motifs is 1. The second-order valence-corrected chi connectivity index (χ2v) is 2.84. The predicted molar refractivity (Wildman–Crippen MR) is 57.2 cm³/mol. The largest absolute Gasteiger partial charge is 0.504 e. The van der Waals surface area contributed by atoms with E-state index in [4.69, 9.17) is 5.73 Å². The minimum absolute atomic E-state index is 0. The minimum atomic E-state index is -0.627. The standard InChI is InChI=1S/C10H8FNO.ClH/c11-8-5-4-6-7(10(8)13)2-1-3-9(6)12;/h1-5,13H,12H2;1H. The lowest BCUT2D eigenvalue weighted by molar-refractivity contribution is 0.439. The highest BCUT2D eigenvalue weighted by molar-refractivity contribution is 5.96. The molecule has 0 radical (unpaired) electrons. The fourth-order valence-electron chi connectivity index (χ4n) is 1.34. The molecule has 0 aliphatic heterocycles. The lowest BCUT2D eigenvalue weighted by Crippen LogP contribution is -1.87. The number of halogens is 2. The molecule has 2 aromatic rings. The number of aromatic hydroxyl groups is 1. The number of hydrogen-bond acceptors (Lipinski definition) is 2. The molecule has 14 heavy (non-hydrogen) atoms. The van der Waals surface area contributed by atoms with Crippen molar-refractivity contribution in [2.75, 3.05) is 5.73 Å². The van der Waals surface area contributed by atoms with Gasteiger partial charge in [0.15, 0.2) is 11.6 Å². The van der Waals surface area contributed by atoms with Crippen molar-refractivity contribution >= 4 is 28.9 Å². The summed E-state index contributed by atoms with van der Waals surface area (Å²) in [4.78, 5) is 0. The number of hydrogen-bond donors (Lipinski definition) is 2. The van der Waals surface area contributed by atoms with E-state index in [0.29, 0.717) is 16.5 Å². The molecule has 0 amide bonds. The van der Waals surface area contributed by atoms with Crippen LogP contribution in [0.25, 0.3) is 10.8 Å². The molecule has 0 unspecified atom stereocenters. The fourth-order valence-corrected chi connectivity index (χ4v) is 1.34. The molecule has 2 nitrogen and oxygen atoms in total. The monoisotopic (exact) mass is 213 g/mol. The molecule has 0 fully saturated rings. The Morgan fingerprint density at radius 2 is 1.79 bits per heavy atom. The second-order valence-electron chi connectivity index (χ2n) is 2.84. The molecular formula is C10H9ClFNO. The third-order valence-electron chi connectivity index (χ3n) is 2.02. The predicted octanol–water partition coefficient (Wildman–Crippen LogP) is 2.69. The lowest BCUT2D eigenvalue weighted by Gasteiger charge is -2.03. The summed E-state index contributed by atoms with van der Waals surface area (Å²) >= 11 is 0. The average molecular weight is 214 g/mol. The molecule has 0 aromatic heterocycles. The van der Waals surface area contributed by atoms with Crippen LogP contribution in [-0.2, 0) is 0 Å². The molecule has 2 aromatic carbocycles. The Morgan fingerprint density at radius 3 is 2.50 bits per heavy atom. The van der Waals surface area contributed by atoms with Gasteiger partial charge in [-0.2, -0.15) is 0 Å². The van der Waals surface area contributed by atoms with E-state index >= 15 is 0 Å². The zero-order valence-electron chi connectivity index (χ0n) is 7.20. The van der Waals surface area contributed by atoms with E-state index < -0.39 is 5.82 Å². The molecule has 0 aliphatic rings. The third-order valence-corrected chi connectivity index (χ3v) is 2.02. The Hall–Kier alpha value is -1.48. The van der Waals surface area contributed by atoms with Crippen LogP contribution in [0.2, 0.25) is 0 Å². The van der Waals surface area contributed by atoms with Crippen LogP contribution in [-0.4, -0.2) is 5.11 Å². The second kappa shape index (κ2) is 3.72. The molecule has 0 bridgehead atoms. The maximum absolute atomic E-state index is 12.9. The number of phenolic OH excluding ortho intramolecular Hbond substituents is 1. The van der Waals surface area contributed by atoms with Crippen LogP contribution < -0.4 is 5.73 Å². The van der Waals surface area contributed by atoms with Crippen LogP contribution >= 0.6 is 12.4 Å². The van der Waals surface area contributed by atoms with Crippen molar-refractivity contribution in [3.05, 3.63) is 36.1 Å². The lowest BCUT2D eigenvalue weighted by atomic mass is 10.1. The zero-order chi connectivity index (χ0) is 9.42. The van der Waals surface area contributed by atoms with Crippen molar-refractivity contribution < 1.29 is 9.50 Å². The molecule has 0 spiro atoms. The van der Waals surface area contributed by atoms with Crippen LogP contribution in [0.15, 0.2) is 30.3 Å². The first-order valence-electron chi connectivity index (χ1n) is 3.86. The number of rotatable bonds is 0. The van der Waals surface area contributed by atoms with Gasteiger partial charge in [0.2, 0.25) is 0 Å². The van der Waals surface area contributed by atoms with E-state index in [2.05, 4.69) is 0 Å². The molecule has 0 heterocycles. The molecule has 0 atom stereocenters. The first-order chi connectivity index (χ1) is 6.20. The Labute approximate surface area is 86.6 Å². The summed E-state index contributed by atoms with van der Waals surface area (Å²) in [5.74, 6) is -0.970. The summed E-state index contributed by atoms with van der Waals surface area (Å²) in [6.07, 6.45) is 0. The van der Waals surface area contributed by atoms with Crippen LogP contribution in [0, 0.1) is 5.82 Å². The highest BCUT2D eigenvalue weighted by atomic mass is 35.5. The smallest absolute Gasteiger partial charge is 0.165 e. The van der Waals surface area contributed by atoms with E-state index in [1.807, 2.05) is 0 Å². The minimum Gasteiger partial charge on any atom is -0.504 e. The average Bonchev–Trinajstić information content (AvgIpc) is 2.12. The van der Waals surface area contributed by atoms with Crippen molar-refractivity contribution in [3.63, 3.8) is 0 Å². The summed E-state index contributed by atoms with van der Waals surface area (Å²) < 4.78 is 12.9. The van der Waals surface area contributed by atoms with Gasteiger partial charge in [0.05, 0.1) is 0 Å². The van der Waals surface area contributed by atoms with Gasteiger partial charge < -0.3 is 10.8 Å². The van der Waals surface area contributed by atoms with E-state index in [0.717, 1.165) is 0 Å². The summed E-state index contributed by atoms with van der Waals surface area (Å²) in [6.45, 7) is 0. The van der Waals surface area contributed by atoms with E-state index in [-0.39, 0.29) is 18.2 Å². The van der Waals surface area contributed by atoms with Crippen molar-refractivity contribution in [1.29, 1.82) is 0 Å². The van der Waals surface area contributed by atoms with Gasteiger partial charge in [-0.25, -0.2) is 4.39 Å². The highest BCUT2D eigenvalue weighted by Crippen LogP contribution is 2.30. The molecule has 2 rings (SSSR count). The molecule has 0 aliphatic carbocycles. The molecule has 3 N–H and O–H groups in total. The normalized spacial score (nSPS) is 9.79. The third kappa shape index (κ3) is 1.46. The van der Waals surface area contributed by atoms with Gasteiger partial charge >= 0.3 is 0 Å². The quantitative estimate of drug-likeness (QED) is 0.661. The topological polar surface area (TPSA) is 46.2 Å². The number of benzene rings is 2. The first-order valence-corrected chi connectivity index (χ1v) is 3.86. The van der Waals surface area contributed by atoms with E-state index in [1.165, 1.54) is 6.07 Å². The van der Waals surface area contributed by atoms with Gasteiger partial charge in [-0.3, -0.25) is 0 Å². The van der Waals surface area contributed by atoms with E-state index in [9.17, 15) is 9.50 Å². The van der Waals surface area contributed by atoms with Crippen molar-refractivity contribution in [2.24, 2.45) is 0 Å². The van der Waals surface area contributed by atoms with Gasteiger partial charge in [0.25, 0.3) is 0 Å². The van der Waals surface area contributed by atoms with Crippen LogP contribution in [0.1, 0.15) is 0 Å². The summed E-state index contributed by atoms with van der Waals surface area (Å²) in [7, 11) is 0. The summed E-state index contributed by atoms with van der Waals surface area (Å²) in [6, 6.07) is 7.77. The Morgan fingerprint density at radius 1 is 1.07 bits per heavy atom. The van der Waals surface area contributed by atoms with Crippen molar-refractivity contribution in [3.8, 4) is 5.75 Å². The van der Waals surface area contributed by atoms with Crippen LogP contribution in [0.3, 0.4) is 0 Å². The maximum Gasteiger partial charge on any atom is 0.165 e. The van der Waals surface area contributed by atoms with Crippen LogP contribution in [0.4, 0.5) is 10.1 Å². The van der Waals surface area contributed by atoms with E-state index in [1.54, 1.807) is 24.3 Å². The van der Waals surface area contributed by atoms with Crippen LogP contribution in [0.5, 0.6) is 5.75 Å². The van der Waals surface area contributed by atoms with Gasteiger partial charge in [0, 0.05) is 16.5 Å². The fraction of sp³-hybridized carbons (Fsp3) is 0. The Balaban J connectivity index is 0.000000980. The van der Waals surface area contributed by atoms with Gasteiger partial charge in [0.1, 0.15) is 0 Å². The highest BCUT2D eigenvalue weighted by Gasteiger charge is 2.06. The number of nitrogens with two attached hydrogens (primary N) is 1. The SMILES string of the molecule is Cl.Nc1cccc2c(O)c(F)ccc12. The van der Waals surface area contributed by atoms with Gasteiger partial charge in [-0.15, -0.1) is 12.4 Å². The van der Waals surface area contributed by atoms with Gasteiger partial charge in [-0.1, -0.05) is 12.1 Å². The molecule has 0 saturated carbocycles. The molecule has 4 heteroatoms. The number of nitrogen functional groups attached to an aromatic ring is 1. The molecular weight excluding hydrogens is 205 g/mol. The number of anilines is 1. The van der Waals surface area contributed by atoms with Crippen molar-refractivity contribution in [1.82, 2.24) is 0 Å². The zero-order valence-corrected chi connectivity index (χ0v) is 8.01. The Kier molecular flexibility index (Phi) is 2.81. The molecule has 74 valence electrons. The maximum atomic E-state index is 12.9. The molecule has 0 saturated heterocycles. The van der Waals surface area contributed by atoms with Crippen molar-refractivity contribution in [2.45, 2.75) is 0 Å². The van der Waals surface area contributed by atoms with Gasteiger partial charge in [-0.05, 0) is 18.2 Å². The number of phenols is 1. The summed E-state index contributed by atoms with van der Waals surface area (Å²) in [5, 5.41) is 10.5. The Bertz CT molecular complexity index is 473. The summed E-state index contributed by atoms with van der Waals surface area (Å²) in [5.41, 5.74) is 6.18. The first kappa shape index (κ1) is 10.6.